The topological polar surface area (TPSA) is 25.0 Å². The minimum atomic E-state index is 0.922. The molecule has 2 aromatic rings. The van der Waals surface area contributed by atoms with E-state index in [9.17, 15) is 0 Å². The molecule has 1 heterocycles. The SMILES string of the molecule is CCc1c(C)[nH]c2ccc(OC)cc12. The van der Waals surface area contributed by atoms with Gasteiger partial charge in [-0.3, -0.25) is 0 Å². The third-order valence-electron chi connectivity index (χ3n) is 2.68. The maximum atomic E-state index is 5.22. The summed E-state index contributed by atoms with van der Waals surface area (Å²) in [5.41, 5.74) is 3.84. The highest BCUT2D eigenvalue weighted by atomic mass is 16.5. The van der Waals surface area contributed by atoms with Gasteiger partial charge < -0.3 is 9.72 Å². The van der Waals surface area contributed by atoms with Crippen LogP contribution in [0, 0.1) is 6.92 Å². The highest BCUT2D eigenvalue weighted by Crippen LogP contribution is 2.26. The molecule has 2 rings (SSSR count). The van der Waals surface area contributed by atoms with Crippen LogP contribution >= 0.6 is 0 Å². The van der Waals surface area contributed by atoms with Crippen molar-refractivity contribution in [1.82, 2.24) is 4.98 Å². The molecule has 1 aromatic carbocycles. The molecule has 0 aliphatic heterocycles. The summed E-state index contributed by atoms with van der Waals surface area (Å²) >= 11 is 0. The molecule has 0 atom stereocenters. The lowest BCUT2D eigenvalue weighted by Gasteiger charge is -2.00. The first-order chi connectivity index (χ1) is 6.76. The van der Waals surface area contributed by atoms with E-state index >= 15 is 0 Å². The van der Waals surface area contributed by atoms with Gasteiger partial charge in [0.1, 0.15) is 5.75 Å². The Labute approximate surface area is 83.9 Å². The number of fused-ring (bicyclic) bond motifs is 1. The van der Waals surface area contributed by atoms with Gasteiger partial charge in [0.25, 0.3) is 0 Å². The number of methoxy groups -OCH3 is 1. The van der Waals surface area contributed by atoms with Crippen LogP contribution in [-0.4, -0.2) is 12.1 Å². The average molecular weight is 189 g/mol. The Morgan fingerprint density at radius 2 is 2.14 bits per heavy atom. The molecule has 0 aliphatic carbocycles. The van der Waals surface area contributed by atoms with Crippen LogP contribution in [0.1, 0.15) is 18.2 Å². The summed E-state index contributed by atoms with van der Waals surface area (Å²) in [7, 11) is 1.70. The molecule has 0 radical (unpaired) electrons. The first-order valence-electron chi connectivity index (χ1n) is 4.91. The number of ether oxygens (including phenoxy) is 1. The van der Waals surface area contributed by atoms with Gasteiger partial charge in [0, 0.05) is 16.6 Å². The second kappa shape index (κ2) is 3.37. The fraction of sp³-hybridized carbons (Fsp3) is 0.333. The normalized spacial score (nSPS) is 10.8. The molecule has 2 heteroatoms. The number of aromatic amines is 1. The molecule has 0 aliphatic rings. The van der Waals surface area contributed by atoms with Crippen molar-refractivity contribution in [2.75, 3.05) is 7.11 Å². The van der Waals surface area contributed by atoms with E-state index in [4.69, 9.17) is 4.74 Å². The Kier molecular flexibility index (Phi) is 2.20. The van der Waals surface area contributed by atoms with Gasteiger partial charge in [-0.1, -0.05) is 6.92 Å². The fourth-order valence-corrected chi connectivity index (χ4v) is 1.94. The van der Waals surface area contributed by atoms with Crippen LogP contribution in [0.2, 0.25) is 0 Å². The molecule has 0 spiro atoms. The van der Waals surface area contributed by atoms with Crippen LogP contribution in [0.15, 0.2) is 18.2 Å². The third-order valence-corrected chi connectivity index (χ3v) is 2.68. The quantitative estimate of drug-likeness (QED) is 0.771. The van der Waals surface area contributed by atoms with Crippen LogP contribution in [0.4, 0.5) is 0 Å². The van der Waals surface area contributed by atoms with Crippen molar-refractivity contribution < 1.29 is 4.74 Å². The Morgan fingerprint density at radius 3 is 2.79 bits per heavy atom. The predicted molar refractivity (Wildman–Crippen MR) is 59.0 cm³/mol. The van der Waals surface area contributed by atoms with Gasteiger partial charge >= 0.3 is 0 Å². The number of H-pyrrole nitrogens is 1. The minimum Gasteiger partial charge on any atom is -0.497 e. The molecular formula is C12H15NO. The zero-order valence-corrected chi connectivity index (χ0v) is 8.85. The number of aryl methyl sites for hydroxylation is 2. The van der Waals surface area contributed by atoms with Crippen LogP contribution in [0.5, 0.6) is 5.75 Å². The zero-order valence-electron chi connectivity index (χ0n) is 8.85. The maximum Gasteiger partial charge on any atom is 0.119 e. The lowest BCUT2D eigenvalue weighted by atomic mass is 10.1. The number of benzene rings is 1. The molecule has 14 heavy (non-hydrogen) atoms. The van der Waals surface area contributed by atoms with Gasteiger partial charge in [0.2, 0.25) is 0 Å². The summed E-state index contributed by atoms with van der Waals surface area (Å²) in [6.45, 7) is 4.29. The summed E-state index contributed by atoms with van der Waals surface area (Å²) in [6, 6.07) is 6.15. The first kappa shape index (κ1) is 9.13. The third kappa shape index (κ3) is 1.27. The van der Waals surface area contributed by atoms with Gasteiger partial charge in [-0.25, -0.2) is 0 Å². The standard InChI is InChI=1S/C12H15NO/c1-4-10-8(2)13-12-6-5-9(14-3)7-11(10)12/h5-7,13H,4H2,1-3H3. The molecule has 0 bridgehead atoms. The highest BCUT2D eigenvalue weighted by molar-refractivity contribution is 5.85. The highest BCUT2D eigenvalue weighted by Gasteiger charge is 2.06. The van der Waals surface area contributed by atoms with Gasteiger partial charge in [-0.05, 0) is 37.1 Å². The molecule has 1 N–H and O–H groups in total. The zero-order chi connectivity index (χ0) is 10.1. The number of rotatable bonds is 2. The Morgan fingerprint density at radius 1 is 1.36 bits per heavy atom. The largest absolute Gasteiger partial charge is 0.497 e. The lowest BCUT2D eigenvalue weighted by molar-refractivity contribution is 0.415. The molecule has 0 saturated carbocycles. The van der Waals surface area contributed by atoms with Gasteiger partial charge in [-0.15, -0.1) is 0 Å². The summed E-state index contributed by atoms with van der Waals surface area (Å²) in [5.74, 6) is 0.922. The van der Waals surface area contributed by atoms with E-state index in [1.807, 2.05) is 6.07 Å². The summed E-state index contributed by atoms with van der Waals surface area (Å²) < 4.78 is 5.22. The van der Waals surface area contributed by atoms with Crippen molar-refractivity contribution in [3.63, 3.8) is 0 Å². The van der Waals surface area contributed by atoms with Crippen LogP contribution < -0.4 is 4.74 Å². The summed E-state index contributed by atoms with van der Waals surface area (Å²) in [4.78, 5) is 3.37. The molecule has 1 aromatic heterocycles. The average Bonchev–Trinajstić information content (AvgIpc) is 2.52. The minimum absolute atomic E-state index is 0.922. The molecule has 0 unspecified atom stereocenters. The Balaban J connectivity index is 2.71. The molecular weight excluding hydrogens is 174 g/mol. The number of nitrogens with one attached hydrogen (secondary N) is 1. The van der Waals surface area contributed by atoms with Crippen LogP contribution in [0.3, 0.4) is 0 Å². The summed E-state index contributed by atoms with van der Waals surface area (Å²) in [5, 5.41) is 1.28. The number of hydrogen-bond acceptors (Lipinski definition) is 1. The maximum absolute atomic E-state index is 5.22. The molecule has 2 nitrogen and oxygen atoms in total. The molecule has 0 saturated heterocycles. The molecule has 74 valence electrons. The van der Waals surface area contributed by atoms with Gasteiger partial charge in [-0.2, -0.15) is 0 Å². The van der Waals surface area contributed by atoms with Crippen LogP contribution in [0.25, 0.3) is 10.9 Å². The summed E-state index contributed by atoms with van der Waals surface area (Å²) in [6.07, 6.45) is 1.05. The second-order valence-corrected chi connectivity index (χ2v) is 3.49. The van der Waals surface area contributed by atoms with Gasteiger partial charge in [0.15, 0.2) is 0 Å². The van der Waals surface area contributed by atoms with Crippen molar-refractivity contribution in [3.05, 3.63) is 29.5 Å². The van der Waals surface area contributed by atoms with E-state index in [0.717, 1.165) is 12.2 Å². The smallest absolute Gasteiger partial charge is 0.119 e. The monoisotopic (exact) mass is 189 g/mol. The van der Waals surface area contributed by atoms with Crippen molar-refractivity contribution in [1.29, 1.82) is 0 Å². The number of aromatic nitrogens is 1. The second-order valence-electron chi connectivity index (χ2n) is 3.49. The van der Waals surface area contributed by atoms with E-state index in [-0.39, 0.29) is 0 Å². The van der Waals surface area contributed by atoms with Crippen molar-refractivity contribution in [2.45, 2.75) is 20.3 Å². The molecule has 0 fully saturated rings. The van der Waals surface area contributed by atoms with E-state index in [0.29, 0.717) is 0 Å². The van der Waals surface area contributed by atoms with E-state index < -0.39 is 0 Å². The lowest BCUT2D eigenvalue weighted by Crippen LogP contribution is -1.83. The van der Waals surface area contributed by atoms with Crippen LogP contribution in [-0.2, 0) is 6.42 Å². The fourth-order valence-electron chi connectivity index (χ4n) is 1.94. The van der Waals surface area contributed by atoms with Gasteiger partial charge in [0.05, 0.1) is 7.11 Å². The van der Waals surface area contributed by atoms with Crippen molar-refractivity contribution in [3.8, 4) is 5.75 Å². The van der Waals surface area contributed by atoms with E-state index in [1.54, 1.807) is 7.11 Å². The molecule has 0 amide bonds. The van der Waals surface area contributed by atoms with E-state index in [1.165, 1.54) is 22.2 Å². The Hall–Kier alpha value is -1.44. The first-order valence-corrected chi connectivity index (χ1v) is 4.91. The van der Waals surface area contributed by atoms with Crippen molar-refractivity contribution in [2.24, 2.45) is 0 Å². The van der Waals surface area contributed by atoms with E-state index in [2.05, 4.69) is 31.0 Å². The van der Waals surface area contributed by atoms with Crippen molar-refractivity contribution >= 4 is 10.9 Å². The Bertz CT molecular complexity index is 457. The number of hydrogen-bond donors (Lipinski definition) is 1. The predicted octanol–water partition coefficient (Wildman–Crippen LogP) is 3.05.